The lowest BCUT2D eigenvalue weighted by Crippen LogP contribution is -2.49. The Hall–Kier alpha value is -0.650. The molecule has 0 aromatic carbocycles. The second-order valence-electron chi connectivity index (χ2n) is 5.69. The average molecular weight is 259 g/mol. The van der Waals surface area contributed by atoms with Crippen molar-refractivity contribution in [1.82, 2.24) is 15.5 Å². The molecule has 0 saturated heterocycles. The third-order valence-electron chi connectivity index (χ3n) is 3.04. The Morgan fingerprint density at radius 1 is 1.39 bits per heavy atom. The van der Waals surface area contributed by atoms with E-state index in [0.717, 1.165) is 6.54 Å². The van der Waals surface area contributed by atoms with E-state index in [1.54, 1.807) is 7.11 Å². The van der Waals surface area contributed by atoms with E-state index in [2.05, 4.69) is 36.3 Å². The van der Waals surface area contributed by atoms with Crippen LogP contribution in [0.15, 0.2) is 0 Å². The Morgan fingerprint density at radius 3 is 2.50 bits per heavy atom. The van der Waals surface area contributed by atoms with Crippen LogP contribution in [0.3, 0.4) is 0 Å². The molecule has 0 fully saturated rings. The number of nitrogens with zero attached hydrogens (tertiary/aromatic N) is 1. The summed E-state index contributed by atoms with van der Waals surface area (Å²) in [6, 6.07) is 0.136. The van der Waals surface area contributed by atoms with Crippen LogP contribution in [0.1, 0.15) is 20.8 Å². The molecule has 0 heterocycles. The van der Waals surface area contributed by atoms with E-state index in [0.29, 0.717) is 19.7 Å². The monoisotopic (exact) mass is 259 g/mol. The van der Waals surface area contributed by atoms with Gasteiger partial charge >= 0.3 is 0 Å². The van der Waals surface area contributed by atoms with Gasteiger partial charge in [-0.1, -0.05) is 13.8 Å². The summed E-state index contributed by atoms with van der Waals surface area (Å²) in [5, 5.41) is 6.07. The first-order valence-corrected chi connectivity index (χ1v) is 6.43. The molecule has 1 amide bonds. The van der Waals surface area contributed by atoms with Gasteiger partial charge in [0.2, 0.25) is 5.91 Å². The van der Waals surface area contributed by atoms with Gasteiger partial charge in [0.1, 0.15) is 0 Å². The first-order valence-electron chi connectivity index (χ1n) is 6.43. The molecule has 0 aromatic rings. The van der Waals surface area contributed by atoms with Crippen molar-refractivity contribution < 1.29 is 9.53 Å². The van der Waals surface area contributed by atoms with Gasteiger partial charge < -0.3 is 20.3 Å². The summed E-state index contributed by atoms with van der Waals surface area (Å²) < 4.78 is 4.90. The lowest BCUT2D eigenvalue weighted by molar-refractivity contribution is -0.121. The molecule has 0 aliphatic rings. The van der Waals surface area contributed by atoms with Crippen molar-refractivity contribution >= 4 is 5.91 Å². The van der Waals surface area contributed by atoms with Crippen LogP contribution in [0, 0.1) is 5.41 Å². The molecule has 2 N–H and O–H groups in total. The van der Waals surface area contributed by atoms with Gasteiger partial charge in [-0.3, -0.25) is 4.79 Å². The predicted molar refractivity (Wildman–Crippen MR) is 74.7 cm³/mol. The fourth-order valence-electron chi connectivity index (χ4n) is 1.82. The van der Waals surface area contributed by atoms with Gasteiger partial charge in [0, 0.05) is 26.2 Å². The molecule has 0 aliphatic heterocycles. The summed E-state index contributed by atoms with van der Waals surface area (Å²) in [4.78, 5) is 13.9. The van der Waals surface area contributed by atoms with E-state index in [-0.39, 0.29) is 17.4 Å². The summed E-state index contributed by atoms with van der Waals surface area (Å²) in [6.07, 6.45) is 0. The highest BCUT2D eigenvalue weighted by Gasteiger charge is 2.27. The molecular weight excluding hydrogens is 230 g/mol. The van der Waals surface area contributed by atoms with Crippen molar-refractivity contribution in [3.63, 3.8) is 0 Å². The fourth-order valence-corrected chi connectivity index (χ4v) is 1.82. The van der Waals surface area contributed by atoms with Gasteiger partial charge in [0.15, 0.2) is 0 Å². The molecule has 1 atom stereocenters. The van der Waals surface area contributed by atoms with Crippen molar-refractivity contribution in [2.75, 3.05) is 47.4 Å². The molecule has 0 aromatic heterocycles. The first kappa shape index (κ1) is 17.4. The summed E-state index contributed by atoms with van der Waals surface area (Å²) in [7, 11) is 5.73. The van der Waals surface area contributed by atoms with Crippen LogP contribution in [0.25, 0.3) is 0 Å². The molecule has 0 radical (unpaired) electrons. The normalized spacial score (nSPS) is 13.7. The number of carbonyl (C=O) groups excluding carboxylic acids is 1. The molecule has 5 heteroatoms. The second-order valence-corrected chi connectivity index (χ2v) is 5.69. The molecule has 0 spiro atoms. The highest BCUT2D eigenvalue weighted by molar-refractivity contribution is 5.78. The van der Waals surface area contributed by atoms with E-state index >= 15 is 0 Å². The smallest absolute Gasteiger partial charge is 0.234 e. The largest absolute Gasteiger partial charge is 0.383 e. The minimum Gasteiger partial charge on any atom is -0.383 e. The minimum absolute atomic E-state index is 0.0328. The van der Waals surface area contributed by atoms with Gasteiger partial charge in [-0.15, -0.1) is 0 Å². The zero-order chi connectivity index (χ0) is 14.2. The summed E-state index contributed by atoms with van der Waals surface area (Å²) >= 11 is 0. The van der Waals surface area contributed by atoms with Crippen LogP contribution < -0.4 is 10.6 Å². The number of ether oxygens (including phenoxy) is 1. The standard InChI is InChI=1S/C13H29N3O2/c1-11(13(2,3)10-16(4)5)15-12(17)9-14-7-8-18-6/h11,14H,7-10H2,1-6H3,(H,15,17). The molecule has 5 nitrogen and oxygen atoms in total. The molecule has 1 unspecified atom stereocenters. The summed E-state index contributed by atoms with van der Waals surface area (Å²) in [5.41, 5.74) is 0.0473. The number of amides is 1. The Morgan fingerprint density at radius 2 is 2.00 bits per heavy atom. The zero-order valence-electron chi connectivity index (χ0n) is 12.7. The van der Waals surface area contributed by atoms with Crippen LogP contribution in [0.5, 0.6) is 0 Å². The molecule has 0 bridgehead atoms. The Kier molecular flexibility index (Phi) is 8.15. The topological polar surface area (TPSA) is 53.6 Å². The van der Waals surface area contributed by atoms with Crippen LogP contribution >= 0.6 is 0 Å². The van der Waals surface area contributed by atoms with E-state index in [1.165, 1.54) is 0 Å². The van der Waals surface area contributed by atoms with E-state index in [4.69, 9.17) is 4.74 Å². The van der Waals surface area contributed by atoms with Gasteiger partial charge in [0.25, 0.3) is 0 Å². The molecule has 108 valence electrons. The Bertz CT molecular complexity index is 242. The number of hydrogen-bond donors (Lipinski definition) is 2. The highest BCUT2D eigenvalue weighted by atomic mass is 16.5. The molecule has 0 saturated carbocycles. The third-order valence-corrected chi connectivity index (χ3v) is 3.04. The number of nitrogens with one attached hydrogen (secondary N) is 2. The number of carbonyl (C=O) groups is 1. The van der Waals surface area contributed by atoms with Crippen molar-refractivity contribution in [2.24, 2.45) is 5.41 Å². The van der Waals surface area contributed by atoms with Crippen molar-refractivity contribution in [3.05, 3.63) is 0 Å². The van der Waals surface area contributed by atoms with Crippen LogP contribution in [0.4, 0.5) is 0 Å². The lowest BCUT2D eigenvalue weighted by atomic mass is 9.85. The zero-order valence-corrected chi connectivity index (χ0v) is 12.7. The summed E-state index contributed by atoms with van der Waals surface area (Å²) in [5.74, 6) is 0.0328. The number of rotatable bonds is 9. The number of methoxy groups -OCH3 is 1. The molecule has 0 aliphatic carbocycles. The van der Waals surface area contributed by atoms with Crippen LogP contribution in [-0.4, -0.2) is 64.3 Å². The van der Waals surface area contributed by atoms with E-state index < -0.39 is 0 Å². The fraction of sp³-hybridized carbons (Fsp3) is 0.923. The van der Waals surface area contributed by atoms with E-state index in [1.807, 2.05) is 14.1 Å². The van der Waals surface area contributed by atoms with Gasteiger partial charge in [-0.05, 0) is 26.4 Å². The maximum atomic E-state index is 11.7. The lowest BCUT2D eigenvalue weighted by Gasteiger charge is -2.34. The highest BCUT2D eigenvalue weighted by Crippen LogP contribution is 2.20. The summed E-state index contributed by atoms with van der Waals surface area (Å²) in [6.45, 7) is 8.97. The van der Waals surface area contributed by atoms with Crippen molar-refractivity contribution in [2.45, 2.75) is 26.8 Å². The quantitative estimate of drug-likeness (QED) is 0.585. The Labute approximate surface area is 111 Å². The second kappa shape index (κ2) is 8.45. The first-order chi connectivity index (χ1) is 8.29. The van der Waals surface area contributed by atoms with Crippen molar-refractivity contribution in [3.8, 4) is 0 Å². The van der Waals surface area contributed by atoms with Gasteiger partial charge in [-0.2, -0.15) is 0 Å². The number of hydrogen-bond acceptors (Lipinski definition) is 4. The maximum Gasteiger partial charge on any atom is 0.234 e. The minimum atomic E-state index is 0.0328. The molecule has 0 rings (SSSR count). The van der Waals surface area contributed by atoms with Gasteiger partial charge in [0.05, 0.1) is 13.2 Å². The van der Waals surface area contributed by atoms with E-state index in [9.17, 15) is 4.79 Å². The third kappa shape index (κ3) is 7.63. The average Bonchev–Trinajstić information content (AvgIpc) is 2.22. The van der Waals surface area contributed by atoms with Crippen LogP contribution in [-0.2, 0) is 9.53 Å². The molecule has 18 heavy (non-hydrogen) atoms. The maximum absolute atomic E-state index is 11.7. The van der Waals surface area contributed by atoms with Crippen LogP contribution in [0.2, 0.25) is 0 Å². The van der Waals surface area contributed by atoms with Gasteiger partial charge in [-0.25, -0.2) is 0 Å². The van der Waals surface area contributed by atoms with Crippen molar-refractivity contribution in [1.29, 1.82) is 0 Å². The SMILES string of the molecule is COCCNCC(=O)NC(C)C(C)(C)CN(C)C. The Balaban J connectivity index is 3.98. The predicted octanol–water partition coefficient (Wildman–Crippen LogP) is 0.315. The molecular formula is C13H29N3O2.